The molecule has 1 heterocycles. The maximum absolute atomic E-state index is 7.10. The van der Waals surface area contributed by atoms with Gasteiger partial charge in [-0.2, -0.15) is 0 Å². The Labute approximate surface area is 81.5 Å². The van der Waals surface area contributed by atoms with Crippen LogP contribution in [-0.4, -0.2) is 17.4 Å². The third-order valence-corrected chi connectivity index (χ3v) is 1.75. The number of nitrogens with two attached hydrogens (primary N) is 2. The van der Waals surface area contributed by atoms with Gasteiger partial charge in [-0.25, -0.2) is 0 Å². The zero-order chi connectivity index (χ0) is 10.6. The van der Waals surface area contributed by atoms with E-state index in [9.17, 15) is 0 Å². The Balaban J connectivity index is 3.24. The maximum atomic E-state index is 7.10. The molecule has 0 radical (unpaired) electrons. The lowest BCUT2D eigenvalue weighted by atomic mass is 10.1. The van der Waals surface area contributed by atoms with Gasteiger partial charge in [0.15, 0.2) is 0 Å². The lowest BCUT2D eigenvalue weighted by Gasteiger charge is -2.03. The van der Waals surface area contributed by atoms with E-state index in [1.807, 2.05) is 0 Å². The average Bonchev–Trinajstić information content (AvgIpc) is 2.22. The molecule has 0 spiro atoms. The Hall–Kier alpha value is -2.17. The summed E-state index contributed by atoms with van der Waals surface area (Å²) in [7, 11) is 0. The lowest BCUT2D eigenvalue weighted by molar-refractivity contribution is 1.28. The van der Waals surface area contributed by atoms with E-state index in [2.05, 4.69) is 4.98 Å². The summed E-state index contributed by atoms with van der Waals surface area (Å²) in [5.41, 5.74) is 12.9. The van der Waals surface area contributed by atoms with E-state index >= 15 is 0 Å². The molecule has 5 nitrogen and oxygen atoms in total. The van der Waals surface area contributed by atoms with E-state index in [0.29, 0.717) is 22.5 Å². The van der Waals surface area contributed by atoms with Gasteiger partial charge in [0.05, 0.1) is 17.6 Å². The number of nitrogen functional groups attached to an aromatic ring is 1. The summed E-state index contributed by atoms with van der Waals surface area (Å²) in [4.78, 5) is 4.00. The zero-order valence-electron chi connectivity index (χ0n) is 7.49. The monoisotopic (exact) mass is 189 g/mol. The van der Waals surface area contributed by atoms with Gasteiger partial charge in [0.1, 0.15) is 0 Å². The minimum Gasteiger partial charge on any atom is -0.404 e. The number of anilines is 1. The zero-order valence-corrected chi connectivity index (χ0v) is 7.49. The highest BCUT2D eigenvalue weighted by Gasteiger charge is 2.02. The molecule has 0 atom stereocenters. The summed E-state index contributed by atoms with van der Waals surface area (Å²) >= 11 is 0. The van der Waals surface area contributed by atoms with Gasteiger partial charge in [0, 0.05) is 29.8 Å². The summed E-state index contributed by atoms with van der Waals surface area (Å²) in [5.74, 6) is 0. The van der Waals surface area contributed by atoms with Gasteiger partial charge in [0.25, 0.3) is 0 Å². The molecule has 0 aliphatic rings. The van der Waals surface area contributed by atoms with Crippen LogP contribution in [0.1, 0.15) is 11.3 Å². The Kier molecular flexibility index (Phi) is 2.96. The van der Waals surface area contributed by atoms with Crippen LogP contribution in [0.3, 0.4) is 0 Å². The largest absolute Gasteiger partial charge is 0.404 e. The summed E-state index contributed by atoms with van der Waals surface area (Å²) < 4.78 is 0. The molecule has 0 aliphatic heterocycles. The number of aromatic nitrogens is 1. The first-order valence-electron chi connectivity index (χ1n) is 3.91. The van der Waals surface area contributed by atoms with E-state index in [1.54, 1.807) is 6.07 Å². The van der Waals surface area contributed by atoms with Gasteiger partial charge < -0.3 is 22.3 Å². The molecule has 1 aromatic rings. The molecule has 14 heavy (non-hydrogen) atoms. The predicted octanol–water partition coefficient (Wildman–Crippen LogP) is 0.611. The molecule has 0 amide bonds. The van der Waals surface area contributed by atoms with Crippen molar-refractivity contribution in [2.45, 2.75) is 0 Å². The van der Waals surface area contributed by atoms with Crippen LogP contribution in [0.5, 0.6) is 0 Å². The van der Waals surface area contributed by atoms with Crippen molar-refractivity contribution in [2.24, 2.45) is 5.73 Å². The van der Waals surface area contributed by atoms with Crippen molar-refractivity contribution >= 4 is 23.7 Å². The molecule has 5 heteroatoms. The fourth-order valence-corrected chi connectivity index (χ4v) is 0.972. The molecule has 0 fully saturated rings. The molecule has 0 saturated heterocycles. The number of hydrogen-bond acceptors (Lipinski definition) is 5. The van der Waals surface area contributed by atoms with Crippen LogP contribution in [0, 0.1) is 10.8 Å². The fourth-order valence-electron chi connectivity index (χ4n) is 0.972. The number of nitrogens with zero attached hydrogens (tertiary/aromatic N) is 1. The first-order valence-corrected chi connectivity index (χ1v) is 3.91. The number of hydrogen-bond donors (Lipinski definition) is 4. The summed E-state index contributed by atoms with van der Waals surface area (Å²) in [6.07, 6.45) is 4.98. The molecule has 0 saturated carbocycles. The fraction of sp³-hybridized carbons (Fsp3) is 0. The van der Waals surface area contributed by atoms with Crippen molar-refractivity contribution < 1.29 is 0 Å². The third-order valence-electron chi connectivity index (χ3n) is 1.75. The van der Waals surface area contributed by atoms with E-state index < -0.39 is 0 Å². The average molecular weight is 189 g/mol. The second kappa shape index (κ2) is 4.18. The molecule has 6 N–H and O–H groups in total. The van der Waals surface area contributed by atoms with Crippen molar-refractivity contribution in [3.05, 3.63) is 29.7 Å². The highest BCUT2D eigenvalue weighted by atomic mass is 14.7. The summed E-state index contributed by atoms with van der Waals surface area (Å²) in [6, 6.07) is 1.62. The number of rotatable bonds is 3. The highest BCUT2D eigenvalue weighted by Crippen LogP contribution is 2.14. The normalized spacial score (nSPS) is 11.0. The first kappa shape index (κ1) is 9.91. The van der Waals surface area contributed by atoms with Crippen LogP contribution in [0.15, 0.2) is 18.5 Å². The Morgan fingerprint density at radius 2 is 2.14 bits per heavy atom. The predicted molar refractivity (Wildman–Crippen MR) is 57.5 cm³/mol. The van der Waals surface area contributed by atoms with Crippen LogP contribution >= 0.6 is 0 Å². The Bertz CT molecular complexity index is 394. The van der Waals surface area contributed by atoms with Crippen molar-refractivity contribution in [1.82, 2.24) is 4.98 Å². The molecule has 0 unspecified atom stereocenters. The Morgan fingerprint density at radius 3 is 2.64 bits per heavy atom. The second-order valence-corrected chi connectivity index (χ2v) is 2.61. The summed E-state index contributed by atoms with van der Waals surface area (Å²) in [5, 5.41) is 14.2. The molecule has 0 aliphatic carbocycles. The van der Waals surface area contributed by atoms with Crippen LogP contribution in [0.4, 0.5) is 5.69 Å². The van der Waals surface area contributed by atoms with Gasteiger partial charge in [-0.1, -0.05) is 0 Å². The highest BCUT2D eigenvalue weighted by molar-refractivity contribution is 6.07. The van der Waals surface area contributed by atoms with Crippen LogP contribution < -0.4 is 11.5 Å². The van der Waals surface area contributed by atoms with Gasteiger partial charge >= 0.3 is 0 Å². The van der Waals surface area contributed by atoms with Crippen LogP contribution in [0.2, 0.25) is 0 Å². The molecule has 0 bridgehead atoms. The van der Waals surface area contributed by atoms with Gasteiger partial charge in [-0.15, -0.1) is 0 Å². The van der Waals surface area contributed by atoms with Crippen molar-refractivity contribution in [2.75, 3.05) is 5.73 Å². The SMILES string of the molecule is N=C/C(=C\N)c1cc(C=N)c(N)cn1. The number of pyridine rings is 1. The van der Waals surface area contributed by atoms with Crippen LogP contribution in [0.25, 0.3) is 5.57 Å². The van der Waals surface area contributed by atoms with Crippen LogP contribution in [-0.2, 0) is 0 Å². The number of nitrogens with one attached hydrogen (secondary N) is 2. The molecule has 1 aromatic heterocycles. The topological polar surface area (TPSA) is 113 Å². The van der Waals surface area contributed by atoms with Crippen molar-refractivity contribution in [3.63, 3.8) is 0 Å². The van der Waals surface area contributed by atoms with Gasteiger partial charge in [-0.05, 0) is 6.07 Å². The second-order valence-electron chi connectivity index (χ2n) is 2.61. The minimum absolute atomic E-state index is 0.435. The van der Waals surface area contributed by atoms with E-state index in [-0.39, 0.29) is 0 Å². The van der Waals surface area contributed by atoms with E-state index in [4.69, 9.17) is 22.3 Å². The van der Waals surface area contributed by atoms with Crippen molar-refractivity contribution in [3.8, 4) is 0 Å². The molecular weight excluding hydrogens is 178 g/mol. The van der Waals surface area contributed by atoms with Gasteiger partial charge in [0.2, 0.25) is 0 Å². The Morgan fingerprint density at radius 1 is 1.43 bits per heavy atom. The molecular formula is C9H11N5. The maximum Gasteiger partial charge on any atom is 0.0739 e. The quantitative estimate of drug-likeness (QED) is 0.522. The molecule has 72 valence electrons. The third kappa shape index (κ3) is 1.77. The van der Waals surface area contributed by atoms with E-state index in [0.717, 1.165) is 12.4 Å². The minimum atomic E-state index is 0.435. The van der Waals surface area contributed by atoms with E-state index in [1.165, 1.54) is 12.4 Å². The van der Waals surface area contributed by atoms with Gasteiger partial charge in [-0.3, -0.25) is 4.98 Å². The lowest BCUT2D eigenvalue weighted by Crippen LogP contribution is -1.99. The standard InChI is InChI=1S/C9H11N5/c10-2-6-1-9(7(3-11)4-12)14-5-8(6)13/h1-5,10-11H,12-13H2/b7-4+,10-2?,11-3?. The molecule has 1 rings (SSSR count). The first-order chi connectivity index (χ1) is 6.72. The molecule has 0 aromatic carbocycles. The number of allylic oxidation sites excluding steroid dienone is 1. The summed E-state index contributed by atoms with van der Waals surface area (Å²) in [6.45, 7) is 0. The smallest absolute Gasteiger partial charge is 0.0739 e. The van der Waals surface area contributed by atoms with Crippen molar-refractivity contribution in [1.29, 1.82) is 10.8 Å².